The predicted molar refractivity (Wildman–Crippen MR) is 101 cm³/mol. The predicted octanol–water partition coefficient (Wildman–Crippen LogP) is 3.14. The van der Waals surface area contributed by atoms with Gasteiger partial charge >= 0.3 is 0 Å². The number of nitrogens with one attached hydrogen (secondary N) is 1. The van der Waals surface area contributed by atoms with Gasteiger partial charge < -0.3 is 11.1 Å². The monoisotopic (exact) mass is 412 g/mol. The molecule has 0 aliphatic heterocycles. The van der Waals surface area contributed by atoms with E-state index in [9.17, 15) is 4.79 Å². The molecule has 1 aliphatic rings. The fourth-order valence-corrected chi connectivity index (χ4v) is 2.88. The maximum Gasteiger partial charge on any atom is 0.251 e. The van der Waals surface area contributed by atoms with Crippen molar-refractivity contribution >= 4 is 34.2 Å². The van der Waals surface area contributed by atoms with E-state index in [1.807, 2.05) is 42.8 Å². The molecule has 0 spiro atoms. The van der Waals surface area contributed by atoms with Gasteiger partial charge in [0.25, 0.3) is 5.91 Å². The molecule has 5 nitrogen and oxygen atoms in total. The normalized spacial score (nSPS) is 14.8. The highest BCUT2D eigenvalue weighted by Crippen LogP contribution is 2.31. The Kier molecular flexibility index (Phi) is 6.06. The van der Waals surface area contributed by atoms with Gasteiger partial charge in [-0.2, -0.15) is 5.10 Å². The van der Waals surface area contributed by atoms with Gasteiger partial charge in [0.2, 0.25) is 0 Å². The van der Waals surface area contributed by atoms with Crippen LogP contribution in [0.2, 0.25) is 0 Å². The first kappa shape index (κ1) is 19.0. The van der Waals surface area contributed by atoms with Crippen molar-refractivity contribution in [3.63, 3.8) is 0 Å². The number of carbonyl (C=O) groups excluding carboxylic acids is 1. The third-order valence-electron chi connectivity index (χ3n) is 4.30. The van der Waals surface area contributed by atoms with E-state index in [2.05, 4.69) is 26.3 Å². The van der Waals surface area contributed by atoms with E-state index in [0.717, 1.165) is 21.5 Å². The topological polar surface area (TPSA) is 72.9 Å². The number of nitrogens with two attached hydrogens (primary N) is 1. The number of hydrogen-bond donors (Lipinski definition) is 2. The summed E-state index contributed by atoms with van der Waals surface area (Å²) in [6.07, 6.45) is 2.37. The second kappa shape index (κ2) is 7.68. The highest BCUT2D eigenvalue weighted by atomic mass is 79.9. The minimum atomic E-state index is -0.0813. The van der Waals surface area contributed by atoms with Crippen molar-refractivity contribution in [2.75, 3.05) is 6.54 Å². The Bertz CT molecular complexity index is 725. The Balaban J connectivity index is 0.00000208. The first-order chi connectivity index (χ1) is 11.0. The number of amides is 1. The summed E-state index contributed by atoms with van der Waals surface area (Å²) in [5.74, 6) is 0.504. The van der Waals surface area contributed by atoms with Crippen LogP contribution in [0.15, 0.2) is 28.7 Å². The lowest BCUT2D eigenvalue weighted by Crippen LogP contribution is -2.38. The zero-order valence-corrected chi connectivity index (χ0v) is 16.2. The molecule has 1 heterocycles. The standard InChI is InChI=1S/C17H21BrN4O.ClH/c1-10-16(18)11(2)22(21-10)14-7-5-13(6-8-14)17(23)20-9-15(19)12-3-4-12;/h5-8,12,15H,3-4,9,19H2,1-2H3,(H,20,23);1H. The molecule has 0 bridgehead atoms. The highest BCUT2D eigenvalue weighted by Gasteiger charge is 2.28. The molecule has 24 heavy (non-hydrogen) atoms. The second-order valence-electron chi connectivity index (χ2n) is 6.15. The molecule has 1 aliphatic carbocycles. The van der Waals surface area contributed by atoms with Crippen molar-refractivity contribution in [3.8, 4) is 5.69 Å². The van der Waals surface area contributed by atoms with Gasteiger partial charge in [0.1, 0.15) is 0 Å². The van der Waals surface area contributed by atoms with E-state index in [0.29, 0.717) is 18.0 Å². The first-order valence-corrected chi connectivity index (χ1v) is 8.62. The minimum absolute atomic E-state index is 0. The van der Waals surface area contributed by atoms with Gasteiger partial charge in [-0.15, -0.1) is 12.4 Å². The third-order valence-corrected chi connectivity index (χ3v) is 5.45. The fraction of sp³-hybridized carbons (Fsp3) is 0.412. The van der Waals surface area contributed by atoms with Gasteiger partial charge in [-0.25, -0.2) is 4.68 Å². The van der Waals surface area contributed by atoms with Crippen LogP contribution in [0.3, 0.4) is 0 Å². The van der Waals surface area contributed by atoms with Crippen molar-refractivity contribution in [1.29, 1.82) is 0 Å². The van der Waals surface area contributed by atoms with Crippen molar-refractivity contribution < 1.29 is 4.79 Å². The van der Waals surface area contributed by atoms with Gasteiger partial charge in [-0.3, -0.25) is 4.79 Å². The molecule has 1 saturated carbocycles. The lowest BCUT2D eigenvalue weighted by atomic mass is 10.1. The smallest absolute Gasteiger partial charge is 0.251 e. The van der Waals surface area contributed by atoms with Crippen molar-refractivity contribution in [1.82, 2.24) is 15.1 Å². The molecule has 1 unspecified atom stereocenters. The quantitative estimate of drug-likeness (QED) is 0.791. The van der Waals surface area contributed by atoms with Gasteiger partial charge in [0.15, 0.2) is 0 Å². The Morgan fingerprint density at radius 2 is 2.00 bits per heavy atom. The number of carbonyl (C=O) groups is 1. The summed E-state index contributed by atoms with van der Waals surface area (Å²) >= 11 is 3.53. The molecule has 0 saturated heterocycles. The number of aryl methyl sites for hydroxylation is 1. The van der Waals surface area contributed by atoms with Gasteiger partial charge in [0, 0.05) is 18.2 Å². The molecule has 7 heteroatoms. The van der Waals surface area contributed by atoms with E-state index in [1.54, 1.807) is 0 Å². The lowest BCUT2D eigenvalue weighted by molar-refractivity contribution is 0.0950. The van der Waals surface area contributed by atoms with E-state index in [-0.39, 0.29) is 24.4 Å². The van der Waals surface area contributed by atoms with Crippen LogP contribution in [0.25, 0.3) is 5.69 Å². The van der Waals surface area contributed by atoms with Gasteiger partial charge in [-0.1, -0.05) is 0 Å². The molecule has 1 fully saturated rings. The van der Waals surface area contributed by atoms with Gasteiger partial charge in [0.05, 0.1) is 21.5 Å². The zero-order valence-electron chi connectivity index (χ0n) is 13.8. The number of rotatable bonds is 5. The summed E-state index contributed by atoms with van der Waals surface area (Å²) in [6.45, 7) is 4.50. The van der Waals surface area contributed by atoms with E-state index in [1.165, 1.54) is 12.8 Å². The number of benzene rings is 1. The van der Waals surface area contributed by atoms with E-state index < -0.39 is 0 Å². The number of halogens is 2. The van der Waals surface area contributed by atoms with Crippen molar-refractivity contribution in [3.05, 3.63) is 45.7 Å². The molecule has 130 valence electrons. The molecule has 1 aromatic carbocycles. The average molecular weight is 414 g/mol. The summed E-state index contributed by atoms with van der Waals surface area (Å²) in [7, 11) is 0. The molecule has 0 radical (unpaired) electrons. The highest BCUT2D eigenvalue weighted by molar-refractivity contribution is 9.10. The molecule has 1 amide bonds. The molecular weight excluding hydrogens is 392 g/mol. The zero-order chi connectivity index (χ0) is 16.6. The SMILES string of the molecule is Cc1nn(-c2ccc(C(=O)NCC(N)C3CC3)cc2)c(C)c1Br.Cl. The van der Waals surface area contributed by atoms with Crippen LogP contribution in [-0.2, 0) is 0 Å². The average Bonchev–Trinajstić information content (AvgIpc) is 3.37. The van der Waals surface area contributed by atoms with Crippen LogP contribution in [0.1, 0.15) is 34.6 Å². The van der Waals surface area contributed by atoms with E-state index >= 15 is 0 Å². The van der Waals surface area contributed by atoms with Crippen LogP contribution < -0.4 is 11.1 Å². The largest absolute Gasteiger partial charge is 0.350 e. The Morgan fingerprint density at radius 1 is 1.38 bits per heavy atom. The third kappa shape index (κ3) is 3.99. The Morgan fingerprint density at radius 3 is 2.50 bits per heavy atom. The maximum absolute atomic E-state index is 12.2. The second-order valence-corrected chi connectivity index (χ2v) is 6.95. The Labute approximate surface area is 156 Å². The first-order valence-electron chi connectivity index (χ1n) is 7.83. The summed E-state index contributed by atoms with van der Waals surface area (Å²) in [5, 5.41) is 7.40. The fourth-order valence-electron chi connectivity index (χ4n) is 2.63. The maximum atomic E-state index is 12.2. The molecule has 1 atom stereocenters. The van der Waals surface area contributed by atoms with E-state index in [4.69, 9.17) is 5.73 Å². The minimum Gasteiger partial charge on any atom is -0.350 e. The molecule has 1 aromatic heterocycles. The van der Waals surface area contributed by atoms with Crippen LogP contribution in [-0.4, -0.2) is 28.3 Å². The summed E-state index contributed by atoms with van der Waals surface area (Å²) < 4.78 is 2.87. The number of hydrogen-bond acceptors (Lipinski definition) is 3. The van der Waals surface area contributed by atoms with Crippen molar-refractivity contribution in [2.45, 2.75) is 32.7 Å². The Hall–Kier alpha value is -1.37. The number of nitrogens with zero attached hydrogens (tertiary/aromatic N) is 2. The summed E-state index contributed by atoms with van der Waals surface area (Å²) in [4.78, 5) is 12.2. The molecule has 2 aromatic rings. The lowest BCUT2D eigenvalue weighted by Gasteiger charge is -2.12. The van der Waals surface area contributed by atoms with Crippen LogP contribution >= 0.6 is 28.3 Å². The molecule has 3 N–H and O–H groups in total. The molecule has 3 rings (SSSR count). The summed E-state index contributed by atoms with van der Waals surface area (Å²) in [6, 6.07) is 7.52. The van der Waals surface area contributed by atoms with Gasteiger partial charge in [-0.05, 0) is 72.8 Å². The molecular formula is C17H22BrClN4O. The van der Waals surface area contributed by atoms with Crippen molar-refractivity contribution in [2.24, 2.45) is 11.7 Å². The summed E-state index contributed by atoms with van der Waals surface area (Å²) in [5.41, 5.74) is 9.56. The van der Waals surface area contributed by atoms with Crippen LogP contribution in [0, 0.1) is 19.8 Å². The van der Waals surface area contributed by atoms with Crippen LogP contribution in [0.4, 0.5) is 0 Å². The van der Waals surface area contributed by atoms with Crippen LogP contribution in [0.5, 0.6) is 0 Å². The number of aromatic nitrogens is 2.